The second kappa shape index (κ2) is 6.41. The molecule has 5 rings (SSSR count). The topological polar surface area (TPSA) is 46.6 Å². The van der Waals surface area contributed by atoms with Gasteiger partial charge in [-0.25, -0.2) is 0 Å². The molecule has 4 aliphatic rings. The quantitative estimate of drug-likeness (QED) is 0.741. The standard InChI is InChI=1S/C24H27NO3/c1-15-20(26)8-11-24(2)10-7-18-19(23(27)28-22(18)21(15)24)14-25-12-9-16-5-3-4-6-17(16)13-25/h3-6,8,11,18-19,22H,7,9-10,12-14H2,1-2H3/t18-,19+,22+,24-/m0/s1. The van der Waals surface area contributed by atoms with E-state index in [0.717, 1.165) is 50.0 Å². The zero-order chi connectivity index (χ0) is 19.5. The third-order valence-corrected chi connectivity index (χ3v) is 7.39. The number of ketones is 1. The summed E-state index contributed by atoms with van der Waals surface area (Å²) < 4.78 is 5.93. The van der Waals surface area contributed by atoms with Crippen LogP contribution >= 0.6 is 0 Å². The average Bonchev–Trinajstić information content (AvgIpc) is 3.00. The Morgan fingerprint density at radius 1 is 1.21 bits per heavy atom. The molecule has 2 aliphatic carbocycles. The van der Waals surface area contributed by atoms with E-state index in [2.05, 4.69) is 36.1 Å². The van der Waals surface area contributed by atoms with Gasteiger partial charge in [-0.1, -0.05) is 37.3 Å². The average molecular weight is 377 g/mol. The number of benzene rings is 1. The van der Waals surface area contributed by atoms with Gasteiger partial charge in [0.2, 0.25) is 0 Å². The van der Waals surface area contributed by atoms with Gasteiger partial charge in [-0.3, -0.25) is 14.5 Å². The molecule has 0 aromatic heterocycles. The van der Waals surface area contributed by atoms with Gasteiger partial charge in [0.1, 0.15) is 6.10 Å². The monoisotopic (exact) mass is 377 g/mol. The SMILES string of the molecule is CC1=C2[C@@H]3OC(=O)[C@H](CN4CCc5ccccc5C4)[C@@H]3CC[C@@]2(C)C=CC1=O. The zero-order valence-corrected chi connectivity index (χ0v) is 16.6. The Hall–Kier alpha value is -2.20. The first kappa shape index (κ1) is 17.9. The molecule has 0 amide bonds. The highest BCUT2D eigenvalue weighted by Crippen LogP contribution is 2.53. The third kappa shape index (κ3) is 2.69. The van der Waals surface area contributed by atoms with Crippen LogP contribution in [0.1, 0.15) is 37.8 Å². The van der Waals surface area contributed by atoms with E-state index < -0.39 is 0 Å². The molecular weight excluding hydrogens is 350 g/mol. The fourth-order valence-corrected chi connectivity index (χ4v) is 5.77. The predicted molar refractivity (Wildman–Crippen MR) is 106 cm³/mol. The van der Waals surface area contributed by atoms with Gasteiger partial charge in [-0.15, -0.1) is 0 Å². The van der Waals surface area contributed by atoms with Crippen molar-refractivity contribution in [2.75, 3.05) is 13.1 Å². The van der Waals surface area contributed by atoms with Gasteiger partial charge in [0, 0.05) is 36.5 Å². The first-order chi connectivity index (χ1) is 13.5. The molecule has 0 unspecified atom stereocenters. The van der Waals surface area contributed by atoms with Crippen molar-refractivity contribution < 1.29 is 14.3 Å². The largest absolute Gasteiger partial charge is 0.457 e. The van der Waals surface area contributed by atoms with Crippen LogP contribution in [0.4, 0.5) is 0 Å². The van der Waals surface area contributed by atoms with Crippen LogP contribution in [0.15, 0.2) is 47.6 Å². The van der Waals surface area contributed by atoms with E-state index in [1.807, 2.05) is 13.0 Å². The van der Waals surface area contributed by atoms with Crippen LogP contribution in [0.5, 0.6) is 0 Å². The van der Waals surface area contributed by atoms with Gasteiger partial charge in [0.25, 0.3) is 0 Å². The molecule has 2 heterocycles. The fraction of sp³-hybridized carbons (Fsp3) is 0.500. The molecule has 1 saturated carbocycles. The van der Waals surface area contributed by atoms with Crippen molar-refractivity contribution in [3.05, 3.63) is 58.7 Å². The molecule has 28 heavy (non-hydrogen) atoms. The van der Waals surface area contributed by atoms with E-state index in [1.165, 1.54) is 11.1 Å². The number of nitrogens with zero attached hydrogens (tertiary/aromatic N) is 1. The lowest BCUT2D eigenvalue weighted by Gasteiger charge is -2.43. The molecule has 2 fully saturated rings. The molecule has 1 saturated heterocycles. The Balaban J connectivity index is 1.38. The zero-order valence-electron chi connectivity index (χ0n) is 16.6. The second-order valence-electron chi connectivity index (χ2n) is 9.07. The Bertz CT molecular complexity index is 914. The van der Waals surface area contributed by atoms with Crippen LogP contribution in [0, 0.1) is 17.3 Å². The van der Waals surface area contributed by atoms with E-state index in [-0.39, 0.29) is 35.1 Å². The molecule has 4 atom stereocenters. The molecular formula is C24H27NO3. The third-order valence-electron chi connectivity index (χ3n) is 7.39. The minimum absolute atomic E-state index is 0.0558. The maximum Gasteiger partial charge on any atom is 0.311 e. The Labute approximate surface area is 166 Å². The summed E-state index contributed by atoms with van der Waals surface area (Å²) >= 11 is 0. The summed E-state index contributed by atoms with van der Waals surface area (Å²) in [5.41, 5.74) is 4.47. The first-order valence-electron chi connectivity index (χ1n) is 10.4. The Morgan fingerprint density at radius 2 is 2.00 bits per heavy atom. The summed E-state index contributed by atoms with van der Waals surface area (Å²) in [7, 11) is 0. The van der Waals surface area contributed by atoms with E-state index in [1.54, 1.807) is 6.08 Å². The van der Waals surface area contributed by atoms with Gasteiger partial charge in [0.15, 0.2) is 5.78 Å². The molecule has 2 aliphatic heterocycles. The summed E-state index contributed by atoms with van der Waals surface area (Å²) in [6.07, 6.45) is 6.46. The highest BCUT2D eigenvalue weighted by Gasteiger charge is 2.54. The number of fused-ring (bicyclic) bond motifs is 4. The van der Waals surface area contributed by atoms with Crippen LogP contribution < -0.4 is 0 Å². The van der Waals surface area contributed by atoms with Crippen molar-refractivity contribution in [3.8, 4) is 0 Å². The number of esters is 1. The fourth-order valence-electron chi connectivity index (χ4n) is 5.77. The summed E-state index contributed by atoms with van der Waals surface area (Å²) in [4.78, 5) is 27.5. The number of hydrogen-bond donors (Lipinski definition) is 0. The van der Waals surface area contributed by atoms with Crippen LogP contribution in [-0.2, 0) is 27.3 Å². The van der Waals surface area contributed by atoms with E-state index in [0.29, 0.717) is 0 Å². The molecule has 1 aromatic carbocycles. The van der Waals surface area contributed by atoms with E-state index in [4.69, 9.17) is 4.74 Å². The lowest BCUT2D eigenvalue weighted by Crippen LogP contribution is -2.42. The van der Waals surface area contributed by atoms with Gasteiger partial charge in [0.05, 0.1) is 5.92 Å². The number of rotatable bonds is 2. The summed E-state index contributed by atoms with van der Waals surface area (Å²) in [5, 5.41) is 0. The Kier molecular flexibility index (Phi) is 4.09. The number of carbonyl (C=O) groups excluding carboxylic acids is 2. The predicted octanol–water partition coefficient (Wildman–Crippen LogP) is 3.46. The molecule has 0 radical (unpaired) electrons. The number of carbonyl (C=O) groups is 2. The van der Waals surface area contributed by atoms with Crippen molar-refractivity contribution in [2.45, 2.75) is 45.8 Å². The van der Waals surface area contributed by atoms with Crippen molar-refractivity contribution in [1.82, 2.24) is 4.90 Å². The second-order valence-corrected chi connectivity index (χ2v) is 9.07. The van der Waals surface area contributed by atoms with Gasteiger partial charge in [-0.2, -0.15) is 0 Å². The van der Waals surface area contributed by atoms with E-state index in [9.17, 15) is 9.59 Å². The molecule has 4 heteroatoms. The van der Waals surface area contributed by atoms with Gasteiger partial charge in [-0.05, 0) is 49.0 Å². The lowest BCUT2D eigenvalue weighted by molar-refractivity contribution is -0.144. The molecule has 0 bridgehead atoms. The normalized spacial score (nSPS) is 34.7. The number of allylic oxidation sites excluding steroid dienone is 3. The molecule has 0 spiro atoms. The highest BCUT2D eigenvalue weighted by molar-refractivity contribution is 6.05. The summed E-state index contributed by atoms with van der Waals surface area (Å²) in [5.74, 6) is 0.0591. The minimum Gasteiger partial charge on any atom is -0.457 e. The Morgan fingerprint density at radius 3 is 2.82 bits per heavy atom. The highest BCUT2D eigenvalue weighted by atomic mass is 16.6. The summed E-state index contributed by atoms with van der Waals surface area (Å²) in [6, 6.07) is 8.59. The first-order valence-corrected chi connectivity index (χ1v) is 10.4. The van der Waals surface area contributed by atoms with Crippen molar-refractivity contribution in [1.29, 1.82) is 0 Å². The van der Waals surface area contributed by atoms with Crippen LogP contribution in [0.25, 0.3) is 0 Å². The van der Waals surface area contributed by atoms with Crippen LogP contribution in [0.3, 0.4) is 0 Å². The molecule has 4 nitrogen and oxygen atoms in total. The maximum absolute atomic E-state index is 12.9. The van der Waals surface area contributed by atoms with Crippen LogP contribution in [0.2, 0.25) is 0 Å². The minimum atomic E-state index is -0.234. The number of ether oxygens (including phenoxy) is 1. The maximum atomic E-state index is 12.9. The molecule has 0 N–H and O–H groups in total. The van der Waals surface area contributed by atoms with Crippen molar-refractivity contribution in [2.24, 2.45) is 17.3 Å². The number of hydrogen-bond acceptors (Lipinski definition) is 4. The molecule has 146 valence electrons. The van der Waals surface area contributed by atoms with E-state index >= 15 is 0 Å². The lowest BCUT2D eigenvalue weighted by atomic mass is 9.61. The van der Waals surface area contributed by atoms with Crippen molar-refractivity contribution >= 4 is 11.8 Å². The van der Waals surface area contributed by atoms with Gasteiger partial charge < -0.3 is 4.74 Å². The smallest absolute Gasteiger partial charge is 0.311 e. The van der Waals surface area contributed by atoms with Gasteiger partial charge >= 0.3 is 5.97 Å². The van der Waals surface area contributed by atoms with Crippen LogP contribution in [-0.4, -0.2) is 35.8 Å². The molecule has 1 aromatic rings. The summed E-state index contributed by atoms with van der Waals surface area (Å²) in [6.45, 7) is 6.70. The van der Waals surface area contributed by atoms with Crippen molar-refractivity contribution in [3.63, 3.8) is 0 Å².